The predicted molar refractivity (Wildman–Crippen MR) is 120 cm³/mol. The van der Waals surface area contributed by atoms with Gasteiger partial charge in [-0.05, 0) is 63.5 Å². The van der Waals surface area contributed by atoms with Gasteiger partial charge >= 0.3 is 5.97 Å². The maximum Gasteiger partial charge on any atom is 0.335 e. The van der Waals surface area contributed by atoms with E-state index in [-0.39, 0.29) is 17.7 Å². The van der Waals surface area contributed by atoms with Crippen LogP contribution in [0, 0.1) is 5.82 Å². The zero-order valence-corrected chi connectivity index (χ0v) is 19.0. The molecule has 0 fully saturated rings. The number of halogens is 3. The highest BCUT2D eigenvalue weighted by atomic mass is 79.9. The van der Waals surface area contributed by atoms with Crippen LogP contribution in [0.1, 0.15) is 27.0 Å². The van der Waals surface area contributed by atoms with Gasteiger partial charge in [0, 0.05) is 18.7 Å². The van der Waals surface area contributed by atoms with Crippen molar-refractivity contribution >= 4 is 33.5 Å². The molecular formula is C23H20BrClFNO4. The average molecular weight is 509 g/mol. The lowest BCUT2D eigenvalue weighted by molar-refractivity contribution is 0.0697. The Morgan fingerprint density at radius 2 is 1.84 bits per heavy atom. The molecule has 3 rings (SSSR count). The van der Waals surface area contributed by atoms with Gasteiger partial charge in [-0.3, -0.25) is 0 Å². The molecule has 162 valence electrons. The number of methoxy groups -OCH3 is 1. The molecule has 8 heteroatoms. The third-order valence-corrected chi connectivity index (χ3v) is 5.51. The van der Waals surface area contributed by atoms with Crippen LogP contribution in [0.5, 0.6) is 11.5 Å². The second-order valence-electron chi connectivity index (χ2n) is 6.70. The minimum Gasteiger partial charge on any atom is -0.493 e. The van der Waals surface area contributed by atoms with E-state index in [1.807, 2.05) is 12.1 Å². The summed E-state index contributed by atoms with van der Waals surface area (Å²) in [7, 11) is 1.53. The van der Waals surface area contributed by atoms with Crippen molar-refractivity contribution in [2.75, 3.05) is 7.11 Å². The Bertz CT molecular complexity index is 1060. The van der Waals surface area contributed by atoms with Crippen molar-refractivity contribution in [3.05, 3.63) is 92.2 Å². The quantitative estimate of drug-likeness (QED) is 0.381. The maximum absolute atomic E-state index is 14.0. The Hall–Kier alpha value is -2.61. The number of benzene rings is 3. The molecule has 2 N–H and O–H groups in total. The van der Waals surface area contributed by atoms with Crippen molar-refractivity contribution in [3.8, 4) is 11.5 Å². The molecule has 5 nitrogen and oxygen atoms in total. The molecule has 0 atom stereocenters. The number of carbonyl (C=O) groups is 1. The Labute approximate surface area is 192 Å². The smallest absolute Gasteiger partial charge is 0.335 e. The zero-order valence-electron chi connectivity index (χ0n) is 16.6. The van der Waals surface area contributed by atoms with Crippen LogP contribution in [-0.4, -0.2) is 18.2 Å². The lowest BCUT2D eigenvalue weighted by Crippen LogP contribution is -2.13. The summed E-state index contributed by atoms with van der Waals surface area (Å²) in [6.07, 6.45) is 0. The van der Waals surface area contributed by atoms with Crippen LogP contribution >= 0.6 is 27.5 Å². The molecule has 31 heavy (non-hydrogen) atoms. The molecule has 3 aromatic carbocycles. The number of carboxylic acids is 1. The van der Waals surface area contributed by atoms with Crippen LogP contribution < -0.4 is 14.8 Å². The number of ether oxygens (including phenoxy) is 2. The molecule has 3 aromatic rings. The number of rotatable bonds is 9. The van der Waals surface area contributed by atoms with Crippen LogP contribution in [0.3, 0.4) is 0 Å². The van der Waals surface area contributed by atoms with Gasteiger partial charge in [0.25, 0.3) is 0 Å². The van der Waals surface area contributed by atoms with E-state index in [0.29, 0.717) is 34.1 Å². The Kier molecular flexibility index (Phi) is 7.90. The molecule has 0 radical (unpaired) electrons. The number of nitrogens with one attached hydrogen (secondary N) is 1. The predicted octanol–water partition coefficient (Wildman–Crippen LogP) is 5.82. The highest BCUT2D eigenvalue weighted by molar-refractivity contribution is 9.10. The lowest BCUT2D eigenvalue weighted by atomic mass is 10.1. The summed E-state index contributed by atoms with van der Waals surface area (Å²) in [4.78, 5) is 10.9. The maximum atomic E-state index is 14.0. The lowest BCUT2D eigenvalue weighted by Gasteiger charge is -2.15. The van der Waals surface area contributed by atoms with Gasteiger partial charge in [-0.15, -0.1) is 0 Å². The molecule has 0 aliphatic rings. The second kappa shape index (κ2) is 10.6. The van der Waals surface area contributed by atoms with E-state index < -0.39 is 11.8 Å². The minimum atomic E-state index is -0.948. The third kappa shape index (κ3) is 5.97. The first kappa shape index (κ1) is 23.1. The van der Waals surface area contributed by atoms with Crippen molar-refractivity contribution in [1.29, 1.82) is 0 Å². The van der Waals surface area contributed by atoms with Crippen molar-refractivity contribution in [2.24, 2.45) is 0 Å². The van der Waals surface area contributed by atoms with E-state index in [9.17, 15) is 9.18 Å². The number of aromatic carboxylic acids is 1. The fraction of sp³-hybridized carbons (Fsp3) is 0.174. The van der Waals surface area contributed by atoms with Crippen LogP contribution in [0.15, 0.2) is 59.1 Å². The van der Waals surface area contributed by atoms with Gasteiger partial charge in [0.05, 0.1) is 22.2 Å². The molecule has 0 aromatic heterocycles. The number of hydrogen-bond donors (Lipinski definition) is 2. The summed E-state index contributed by atoms with van der Waals surface area (Å²) in [6, 6.07) is 14.9. The van der Waals surface area contributed by atoms with E-state index in [2.05, 4.69) is 21.2 Å². The van der Waals surface area contributed by atoms with Crippen molar-refractivity contribution < 1.29 is 23.8 Å². The highest BCUT2D eigenvalue weighted by Crippen LogP contribution is 2.37. The van der Waals surface area contributed by atoms with Crippen LogP contribution in [0.4, 0.5) is 4.39 Å². The van der Waals surface area contributed by atoms with Crippen LogP contribution in [0.2, 0.25) is 5.02 Å². The van der Waals surface area contributed by atoms with Gasteiger partial charge in [0.2, 0.25) is 0 Å². The fourth-order valence-corrected chi connectivity index (χ4v) is 3.77. The van der Waals surface area contributed by atoms with E-state index in [1.165, 1.54) is 13.2 Å². The molecule has 0 aliphatic heterocycles. The highest BCUT2D eigenvalue weighted by Gasteiger charge is 2.14. The standard InChI is InChI=1S/C23H20BrClFNO4/c1-30-21-10-15(12-27-11-14-5-7-16(8-6-14)23(28)29)9-18(24)22(21)31-13-17-19(25)3-2-4-20(17)26/h2-10,27H,11-13H2,1H3,(H,28,29). The SMILES string of the molecule is COc1cc(CNCc2ccc(C(=O)O)cc2)cc(Br)c1OCc1c(F)cccc1Cl. The van der Waals surface area contributed by atoms with Gasteiger partial charge in [0.15, 0.2) is 11.5 Å². The number of carboxylic acid groups (broad SMARTS) is 1. The number of hydrogen-bond acceptors (Lipinski definition) is 4. The molecule has 0 saturated heterocycles. The molecular weight excluding hydrogens is 489 g/mol. The van der Waals surface area contributed by atoms with Gasteiger partial charge in [-0.25, -0.2) is 9.18 Å². The van der Waals surface area contributed by atoms with E-state index in [0.717, 1.165) is 11.1 Å². The Morgan fingerprint density at radius 1 is 1.13 bits per heavy atom. The summed E-state index contributed by atoms with van der Waals surface area (Å²) in [5.74, 6) is -0.421. The van der Waals surface area contributed by atoms with Crippen molar-refractivity contribution in [2.45, 2.75) is 19.7 Å². The molecule has 0 saturated carbocycles. The van der Waals surface area contributed by atoms with Crippen LogP contribution in [0.25, 0.3) is 0 Å². The molecule has 0 spiro atoms. The zero-order chi connectivity index (χ0) is 22.4. The van der Waals surface area contributed by atoms with Crippen LogP contribution in [-0.2, 0) is 19.7 Å². The topological polar surface area (TPSA) is 67.8 Å². The first-order valence-electron chi connectivity index (χ1n) is 9.34. The van der Waals surface area contributed by atoms with E-state index in [1.54, 1.807) is 36.4 Å². The van der Waals surface area contributed by atoms with Gasteiger partial charge < -0.3 is 19.9 Å². The Morgan fingerprint density at radius 3 is 2.48 bits per heavy atom. The fourth-order valence-electron chi connectivity index (χ4n) is 2.95. The van der Waals surface area contributed by atoms with Crippen molar-refractivity contribution in [3.63, 3.8) is 0 Å². The van der Waals surface area contributed by atoms with Gasteiger partial charge in [-0.2, -0.15) is 0 Å². The Balaban J connectivity index is 1.65. The van der Waals surface area contributed by atoms with E-state index in [4.69, 9.17) is 26.2 Å². The average Bonchev–Trinajstić information content (AvgIpc) is 2.74. The van der Waals surface area contributed by atoms with E-state index >= 15 is 0 Å². The monoisotopic (exact) mass is 507 g/mol. The summed E-state index contributed by atoms with van der Waals surface area (Å²) in [5.41, 5.74) is 2.45. The van der Waals surface area contributed by atoms with Gasteiger partial charge in [-0.1, -0.05) is 29.8 Å². The first-order valence-corrected chi connectivity index (χ1v) is 10.5. The minimum absolute atomic E-state index is 0.0373. The summed E-state index contributed by atoms with van der Waals surface area (Å²) in [5, 5.41) is 12.6. The second-order valence-corrected chi connectivity index (χ2v) is 7.97. The molecule has 0 bridgehead atoms. The molecule has 0 aliphatic carbocycles. The first-order chi connectivity index (χ1) is 14.9. The molecule has 0 unspecified atom stereocenters. The normalized spacial score (nSPS) is 10.7. The van der Waals surface area contributed by atoms with Crippen molar-refractivity contribution in [1.82, 2.24) is 5.32 Å². The third-order valence-electron chi connectivity index (χ3n) is 4.57. The molecule has 0 heterocycles. The largest absolute Gasteiger partial charge is 0.493 e. The summed E-state index contributed by atoms with van der Waals surface area (Å²) < 4.78 is 25.9. The molecule has 0 amide bonds. The van der Waals surface area contributed by atoms with Gasteiger partial charge in [0.1, 0.15) is 12.4 Å². The summed E-state index contributed by atoms with van der Waals surface area (Å²) in [6.45, 7) is 1.09. The summed E-state index contributed by atoms with van der Waals surface area (Å²) >= 11 is 9.56.